The predicted molar refractivity (Wildman–Crippen MR) is 39.4 cm³/mol. The van der Waals surface area contributed by atoms with Crippen molar-refractivity contribution in [2.45, 2.75) is 18.6 Å². The van der Waals surface area contributed by atoms with Crippen LogP contribution in [0.3, 0.4) is 0 Å². The van der Waals surface area contributed by atoms with Crippen molar-refractivity contribution in [2.24, 2.45) is 0 Å². The lowest BCUT2D eigenvalue weighted by Crippen LogP contribution is -2.35. The first-order chi connectivity index (χ1) is 4.88. The van der Waals surface area contributed by atoms with E-state index in [0.29, 0.717) is 5.06 Å². The highest BCUT2D eigenvalue weighted by molar-refractivity contribution is 7.53. The van der Waals surface area contributed by atoms with Gasteiger partial charge in [0.15, 0.2) is 0 Å². The molecule has 0 fully saturated rings. The zero-order chi connectivity index (χ0) is 8.70. The highest BCUT2D eigenvalue weighted by Crippen LogP contribution is 2.55. The van der Waals surface area contributed by atoms with Gasteiger partial charge in [-0.3, -0.25) is 4.57 Å². The molecule has 1 rings (SSSR count). The molecule has 0 radical (unpaired) electrons. The summed E-state index contributed by atoms with van der Waals surface area (Å²) in [7, 11) is -4.33. The molecule has 6 heteroatoms. The summed E-state index contributed by atoms with van der Waals surface area (Å²) in [6.45, 7) is 1.25. The van der Waals surface area contributed by atoms with Crippen LogP contribution in [0.1, 0.15) is 13.3 Å². The Morgan fingerprint density at radius 3 is 2.45 bits per heavy atom. The minimum atomic E-state index is -4.33. The lowest BCUT2D eigenvalue weighted by molar-refractivity contribution is 0.260. The molecule has 1 atom stereocenters. The lowest BCUT2D eigenvalue weighted by atomic mass is 10.3. The molecule has 5 nitrogen and oxygen atoms in total. The van der Waals surface area contributed by atoms with Crippen LogP contribution < -0.4 is 0 Å². The van der Waals surface area contributed by atoms with Gasteiger partial charge in [0, 0.05) is 6.42 Å². The Morgan fingerprint density at radius 2 is 2.27 bits per heavy atom. The lowest BCUT2D eigenvalue weighted by Gasteiger charge is -2.41. The molecule has 1 heterocycles. The van der Waals surface area contributed by atoms with Gasteiger partial charge in [-0.25, -0.2) is 0 Å². The molecule has 0 aliphatic carbocycles. The van der Waals surface area contributed by atoms with E-state index in [-0.39, 0.29) is 6.42 Å². The van der Waals surface area contributed by atoms with Crippen LogP contribution in [-0.4, -0.2) is 20.1 Å². The standard InChI is InChI=1S/C5H9NO4P/c1-5(11(8,9)10)3-2-4-6(5)7/h2,4H,3H2,1H3,(H2,8,9,10)/q-1. The summed E-state index contributed by atoms with van der Waals surface area (Å²) in [5.74, 6) is 0. The van der Waals surface area contributed by atoms with Gasteiger partial charge < -0.3 is 20.1 Å². The summed E-state index contributed by atoms with van der Waals surface area (Å²) in [6, 6.07) is 0. The molecule has 1 unspecified atom stereocenters. The fraction of sp³-hybridized carbons (Fsp3) is 0.600. The van der Waals surface area contributed by atoms with Crippen molar-refractivity contribution in [3.63, 3.8) is 0 Å². The Hall–Kier alpha value is -0.350. The molecule has 1 aliphatic rings. The molecule has 0 aromatic carbocycles. The molecule has 0 amide bonds. The summed E-state index contributed by atoms with van der Waals surface area (Å²) in [6.07, 6.45) is 2.69. The molecule has 2 N–H and O–H groups in total. The zero-order valence-electron chi connectivity index (χ0n) is 5.97. The van der Waals surface area contributed by atoms with Crippen molar-refractivity contribution in [2.75, 3.05) is 0 Å². The van der Waals surface area contributed by atoms with Crippen LogP contribution in [0.4, 0.5) is 0 Å². The highest BCUT2D eigenvalue weighted by atomic mass is 31.2. The molecular weight excluding hydrogens is 169 g/mol. The van der Waals surface area contributed by atoms with E-state index in [9.17, 15) is 9.77 Å². The summed E-state index contributed by atoms with van der Waals surface area (Å²) < 4.78 is 10.8. The molecule has 0 aromatic rings. The van der Waals surface area contributed by atoms with Gasteiger partial charge in [-0.05, 0) is 13.1 Å². The maximum Gasteiger partial charge on any atom is 0.350 e. The second-order valence-electron chi connectivity index (χ2n) is 2.68. The van der Waals surface area contributed by atoms with E-state index in [1.165, 1.54) is 13.0 Å². The van der Waals surface area contributed by atoms with Crippen LogP contribution in [0.2, 0.25) is 0 Å². The average Bonchev–Trinajstić information content (AvgIpc) is 2.12. The van der Waals surface area contributed by atoms with Crippen LogP contribution >= 0.6 is 7.60 Å². The molecule has 1 aliphatic heterocycles. The van der Waals surface area contributed by atoms with Gasteiger partial charge in [-0.15, -0.1) is 0 Å². The Labute approximate surface area is 64.1 Å². The minimum absolute atomic E-state index is 0.0980. The highest BCUT2D eigenvalue weighted by Gasteiger charge is 2.44. The van der Waals surface area contributed by atoms with E-state index in [4.69, 9.17) is 9.79 Å². The van der Waals surface area contributed by atoms with Gasteiger partial charge in [0.25, 0.3) is 0 Å². The van der Waals surface area contributed by atoms with Gasteiger partial charge in [-0.2, -0.15) is 0 Å². The van der Waals surface area contributed by atoms with Crippen molar-refractivity contribution in [1.82, 2.24) is 5.06 Å². The van der Waals surface area contributed by atoms with Gasteiger partial charge in [0.05, 0.1) is 0 Å². The Balaban J connectivity index is 2.94. The molecular formula is C5H9NO4P-. The van der Waals surface area contributed by atoms with Crippen molar-refractivity contribution < 1.29 is 14.4 Å². The van der Waals surface area contributed by atoms with E-state index >= 15 is 0 Å². The quantitative estimate of drug-likeness (QED) is 0.574. The van der Waals surface area contributed by atoms with Crippen LogP contribution in [-0.2, 0) is 4.57 Å². The van der Waals surface area contributed by atoms with Crippen molar-refractivity contribution >= 4 is 7.60 Å². The monoisotopic (exact) mass is 178 g/mol. The van der Waals surface area contributed by atoms with E-state index in [2.05, 4.69) is 0 Å². The van der Waals surface area contributed by atoms with Crippen LogP contribution in [0.5, 0.6) is 0 Å². The Bertz CT molecular complexity index is 235. The van der Waals surface area contributed by atoms with Crippen LogP contribution in [0.15, 0.2) is 12.3 Å². The number of nitrogens with zero attached hydrogens (tertiary/aromatic N) is 1. The summed E-state index contributed by atoms with van der Waals surface area (Å²) in [5, 5.41) is 9.62. The van der Waals surface area contributed by atoms with Gasteiger partial charge >= 0.3 is 7.60 Å². The maximum absolute atomic E-state index is 10.9. The molecule has 0 saturated carbocycles. The molecule has 0 bridgehead atoms. The zero-order valence-corrected chi connectivity index (χ0v) is 6.86. The molecule has 0 aromatic heterocycles. The number of hydrogen-bond acceptors (Lipinski definition) is 3. The topological polar surface area (TPSA) is 83.8 Å². The third-order valence-corrected chi connectivity index (χ3v) is 3.48. The summed E-state index contributed by atoms with van der Waals surface area (Å²) in [5.41, 5.74) is 0. The largest absolute Gasteiger partial charge is 0.758 e. The Kier molecular flexibility index (Phi) is 1.84. The number of hydrogen-bond donors (Lipinski definition) is 2. The molecule has 0 spiro atoms. The Morgan fingerprint density at radius 1 is 1.73 bits per heavy atom. The summed E-state index contributed by atoms with van der Waals surface area (Å²) in [4.78, 5) is 17.6. The molecule has 0 saturated heterocycles. The maximum atomic E-state index is 10.9. The second kappa shape index (κ2) is 2.32. The SMILES string of the molecule is CC1(P(=O)(O)O)CC=CN1[O-]. The van der Waals surface area contributed by atoms with E-state index in [1.807, 2.05) is 0 Å². The summed E-state index contributed by atoms with van der Waals surface area (Å²) >= 11 is 0. The van der Waals surface area contributed by atoms with Crippen molar-refractivity contribution in [3.8, 4) is 0 Å². The first-order valence-corrected chi connectivity index (χ1v) is 4.68. The normalized spacial score (nSPS) is 31.5. The average molecular weight is 178 g/mol. The third-order valence-electron chi connectivity index (χ3n) is 1.85. The fourth-order valence-electron chi connectivity index (χ4n) is 0.870. The first-order valence-electron chi connectivity index (χ1n) is 3.07. The second-order valence-corrected chi connectivity index (χ2v) is 4.73. The third kappa shape index (κ3) is 1.20. The number of rotatable bonds is 1. The van der Waals surface area contributed by atoms with Crippen LogP contribution in [0.25, 0.3) is 0 Å². The van der Waals surface area contributed by atoms with Crippen molar-refractivity contribution in [3.05, 3.63) is 17.5 Å². The molecule has 64 valence electrons. The van der Waals surface area contributed by atoms with Gasteiger partial charge in [-0.1, -0.05) is 6.08 Å². The minimum Gasteiger partial charge on any atom is -0.758 e. The van der Waals surface area contributed by atoms with Crippen molar-refractivity contribution in [1.29, 1.82) is 0 Å². The first kappa shape index (κ1) is 8.74. The van der Waals surface area contributed by atoms with Crippen LogP contribution in [0, 0.1) is 5.21 Å². The molecule has 11 heavy (non-hydrogen) atoms. The fourth-order valence-corrected chi connectivity index (χ4v) is 1.54. The van der Waals surface area contributed by atoms with E-state index < -0.39 is 12.9 Å². The van der Waals surface area contributed by atoms with E-state index in [0.717, 1.165) is 6.20 Å². The smallest absolute Gasteiger partial charge is 0.350 e. The van der Waals surface area contributed by atoms with Gasteiger partial charge in [0.2, 0.25) is 0 Å². The van der Waals surface area contributed by atoms with E-state index in [1.54, 1.807) is 0 Å². The number of hydroxylamine groups is 2. The predicted octanol–water partition coefficient (Wildman–Crippen LogP) is 0.598. The van der Waals surface area contributed by atoms with Gasteiger partial charge in [0.1, 0.15) is 5.28 Å².